The van der Waals surface area contributed by atoms with E-state index >= 15 is 0 Å². The number of unbranched alkanes of at least 4 members (excludes halogenated alkanes) is 7. The van der Waals surface area contributed by atoms with Gasteiger partial charge in [0.15, 0.2) is 6.08 Å². The molecule has 3 atom stereocenters. The summed E-state index contributed by atoms with van der Waals surface area (Å²) < 4.78 is 7.29. The van der Waals surface area contributed by atoms with Gasteiger partial charge in [-0.2, -0.15) is 0 Å². The number of carbonyl (C=O) groups excluding carboxylic acids is 1. The topological polar surface area (TPSA) is 74.6 Å². The number of carboxylic acid groups (broad SMARTS) is 1. The smallest absolute Gasteiger partial charge is 0.332 e. The van der Waals surface area contributed by atoms with Gasteiger partial charge in [0.25, 0.3) is 0 Å². The van der Waals surface area contributed by atoms with E-state index in [1.165, 1.54) is 38.5 Å². The molecule has 1 aliphatic carbocycles. The molecule has 0 heterocycles. The lowest BCUT2D eigenvalue weighted by atomic mass is 9.86. The SMILES string of the molecule is [2H]C(O)(CCCCC[C@H]1C(=O)CC[C@@H]1CCCCCCCC)C(=O)O. The Morgan fingerprint density at radius 2 is 1.75 bits per heavy atom. The van der Waals surface area contributed by atoms with Crippen molar-refractivity contribution in [1.29, 1.82) is 0 Å². The lowest BCUT2D eigenvalue weighted by molar-refractivity contribution is -0.146. The summed E-state index contributed by atoms with van der Waals surface area (Å²) in [5.74, 6) is -0.369. The van der Waals surface area contributed by atoms with Crippen molar-refractivity contribution in [2.24, 2.45) is 11.8 Å². The Labute approximate surface area is 148 Å². The number of rotatable bonds is 14. The van der Waals surface area contributed by atoms with E-state index in [1.54, 1.807) is 0 Å². The molecule has 24 heavy (non-hydrogen) atoms. The Balaban J connectivity index is 2.19. The van der Waals surface area contributed by atoms with Gasteiger partial charge < -0.3 is 10.2 Å². The fourth-order valence-corrected chi connectivity index (χ4v) is 3.85. The van der Waals surface area contributed by atoms with Gasteiger partial charge in [0.2, 0.25) is 0 Å². The maximum atomic E-state index is 12.1. The normalized spacial score (nSPS) is 23.9. The number of carboxylic acids is 1. The highest BCUT2D eigenvalue weighted by Crippen LogP contribution is 2.36. The van der Waals surface area contributed by atoms with Gasteiger partial charge in [-0.3, -0.25) is 4.79 Å². The largest absolute Gasteiger partial charge is 0.479 e. The first-order valence-electron chi connectivity index (χ1n) is 10.4. The third kappa shape index (κ3) is 8.27. The molecule has 0 saturated heterocycles. The predicted octanol–water partition coefficient (Wildman–Crippen LogP) is 4.73. The fraction of sp³-hybridized carbons (Fsp3) is 0.900. The summed E-state index contributed by atoms with van der Waals surface area (Å²) in [6.45, 7) is 2.22. The highest BCUT2D eigenvalue weighted by molar-refractivity contribution is 5.83. The lowest BCUT2D eigenvalue weighted by Gasteiger charge is -2.18. The third-order valence-electron chi connectivity index (χ3n) is 5.35. The molecule has 0 aliphatic heterocycles. The number of aliphatic hydroxyl groups is 1. The van der Waals surface area contributed by atoms with E-state index < -0.39 is 12.0 Å². The van der Waals surface area contributed by atoms with Gasteiger partial charge in [-0.15, -0.1) is 0 Å². The molecule has 0 aromatic carbocycles. The molecule has 1 unspecified atom stereocenters. The number of Topliss-reactive ketones (excluding diaryl/α,β-unsaturated/α-hetero) is 1. The molecule has 0 aromatic rings. The summed E-state index contributed by atoms with van der Waals surface area (Å²) >= 11 is 0. The van der Waals surface area contributed by atoms with Crippen molar-refractivity contribution in [3.8, 4) is 0 Å². The maximum Gasteiger partial charge on any atom is 0.332 e. The van der Waals surface area contributed by atoms with Gasteiger partial charge in [0.1, 0.15) is 5.78 Å². The highest BCUT2D eigenvalue weighted by Gasteiger charge is 2.33. The molecule has 1 fully saturated rings. The van der Waals surface area contributed by atoms with Crippen LogP contribution in [0.3, 0.4) is 0 Å². The van der Waals surface area contributed by atoms with E-state index in [0.29, 0.717) is 18.1 Å². The Hall–Kier alpha value is -0.900. The summed E-state index contributed by atoms with van der Waals surface area (Å²) in [6.07, 6.45) is 11.2. The second-order valence-electron chi connectivity index (χ2n) is 7.28. The molecule has 1 aliphatic rings. The average molecular weight is 342 g/mol. The van der Waals surface area contributed by atoms with Gasteiger partial charge in [0.05, 0.1) is 1.37 Å². The predicted molar refractivity (Wildman–Crippen MR) is 95.9 cm³/mol. The quantitative estimate of drug-likeness (QED) is 0.448. The van der Waals surface area contributed by atoms with E-state index in [2.05, 4.69) is 6.92 Å². The Kier molecular flexibility index (Phi) is 10.1. The van der Waals surface area contributed by atoms with Crippen LogP contribution in [-0.2, 0) is 9.59 Å². The zero-order chi connectivity index (χ0) is 18.7. The molecule has 0 amide bonds. The highest BCUT2D eigenvalue weighted by atomic mass is 16.4. The molecule has 0 spiro atoms. The van der Waals surface area contributed by atoms with E-state index in [1.807, 2.05) is 0 Å². The van der Waals surface area contributed by atoms with Crippen LogP contribution in [0.1, 0.15) is 98.2 Å². The third-order valence-corrected chi connectivity index (χ3v) is 5.35. The summed E-state index contributed by atoms with van der Waals surface area (Å²) in [4.78, 5) is 22.8. The maximum absolute atomic E-state index is 12.1. The van der Waals surface area contributed by atoms with Crippen LogP contribution in [-0.4, -0.2) is 28.0 Å². The first kappa shape index (κ1) is 19.4. The van der Waals surface area contributed by atoms with Gasteiger partial charge in [-0.25, -0.2) is 4.79 Å². The second-order valence-corrected chi connectivity index (χ2v) is 7.28. The van der Waals surface area contributed by atoms with Crippen LogP contribution in [0.5, 0.6) is 0 Å². The lowest BCUT2D eigenvalue weighted by Crippen LogP contribution is -2.19. The monoisotopic (exact) mass is 341 g/mol. The van der Waals surface area contributed by atoms with Crippen LogP contribution in [0.4, 0.5) is 0 Å². The number of ketones is 1. The average Bonchev–Trinajstić information content (AvgIpc) is 2.90. The number of hydrogen-bond donors (Lipinski definition) is 2. The van der Waals surface area contributed by atoms with Crippen LogP contribution in [0.2, 0.25) is 0 Å². The van der Waals surface area contributed by atoms with Gasteiger partial charge in [-0.1, -0.05) is 64.7 Å². The molecule has 1 rings (SSSR count). The van der Waals surface area contributed by atoms with Crippen LogP contribution in [0.15, 0.2) is 0 Å². The molecule has 1 saturated carbocycles. The second kappa shape index (κ2) is 12.5. The fourth-order valence-electron chi connectivity index (χ4n) is 3.85. The molecular formula is C20H36O4. The summed E-state index contributed by atoms with van der Waals surface area (Å²) in [6, 6.07) is 0. The first-order valence-corrected chi connectivity index (χ1v) is 9.87. The summed E-state index contributed by atoms with van der Waals surface area (Å²) in [5.41, 5.74) is 0. The van der Waals surface area contributed by atoms with Crippen molar-refractivity contribution in [3.05, 3.63) is 0 Å². The molecule has 2 N–H and O–H groups in total. The van der Waals surface area contributed by atoms with Gasteiger partial charge >= 0.3 is 5.97 Å². The van der Waals surface area contributed by atoms with E-state index in [9.17, 15) is 14.7 Å². The molecule has 140 valence electrons. The van der Waals surface area contributed by atoms with Crippen molar-refractivity contribution < 1.29 is 21.2 Å². The van der Waals surface area contributed by atoms with E-state index in [-0.39, 0.29) is 12.3 Å². The van der Waals surface area contributed by atoms with E-state index in [0.717, 1.165) is 38.5 Å². The van der Waals surface area contributed by atoms with Crippen molar-refractivity contribution in [3.63, 3.8) is 0 Å². The van der Waals surface area contributed by atoms with Crippen LogP contribution in [0, 0.1) is 11.8 Å². The molecule has 0 bridgehead atoms. The number of carbonyl (C=O) groups is 2. The Morgan fingerprint density at radius 3 is 2.46 bits per heavy atom. The zero-order valence-electron chi connectivity index (χ0n) is 16.3. The van der Waals surface area contributed by atoms with Crippen LogP contribution in [0.25, 0.3) is 0 Å². The standard InChI is InChI=1S/C20H36O4/c1-2-3-4-5-6-8-11-16-14-15-18(21)17(16)12-9-7-10-13-19(22)20(23)24/h16-17,19,22H,2-15H2,1H3,(H,23,24)/t16-,17+,19?/m0/s1/i19D. The van der Waals surface area contributed by atoms with Crippen LogP contribution < -0.4 is 0 Å². The van der Waals surface area contributed by atoms with E-state index in [4.69, 9.17) is 6.48 Å². The minimum Gasteiger partial charge on any atom is -0.479 e. The van der Waals surface area contributed by atoms with Gasteiger partial charge in [0, 0.05) is 12.3 Å². The Morgan fingerprint density at radius 1 is 1.12 bits per heavy atom. The minimum atomic E-state index is -2.37. The van der Waals surface area contributed by atoms with Crippen molar-refractivity contribution in [2.45, 2.75) is 103 Å². The molecule has 0 aromatic heterocycles. The minimum absolute atomic E-state index is 0.0534. The first-order chi connectivity index (χ1) is 11.9. The van der Waals surface area contributed by atoms with Crippen molar-refractivity contribution in [2.75, 3.05) is 0 Å². The molecular weight excluding hydrogens is 304 g/mol. The summed E-state index contributed by atoms with van der Waals surface area (Å²) in [7, 11) is 0. The van der Waals surface area contributed by atoms with Crippen LogP contribution >= 0.6 is 0 Å². The molecule has 4 heteroatoms. The number of aliphatic carboxylic acids is 1. The Bertz CT molecular complexity index is 409. The number of hydrogen-bond acceptors (Lipinski definition) is 3. The van der Waals surface area contributed by atoms with Gasteiger partial charge in [-0.05, 0) is 31.6 Å². The zero-order valence-corrected chi connectivity index (χ0v) is 15.3. The van der Waals surface area contributed by atoms with Crippen molar-refractivity contribution >= 4 is 11.8 Å². The van der Waals surface area contributed by atoms with Crippen molar-refractivity contribution in [1.82, 2.24) is 0 Å². The molecule has 4 nitrogen and oxygen atoms in total. The molecule has 0 radical (unpaired) electrons. The summed E-state index contributed by atoms with van der Waals surface area (Å²) in [5, 5.41) is 18.1.